The van der Waals surface area contributed by atoms with Gasteiger partial charge in [0, 0.05) is 25.0 Å². The Balaban J connectivity index is 1.37. The molecule has 0 aliphatic heterocycles. The summed E-state index contributed by atoms with van der Waals surface area (Å²) in [7, 11) is 0. The third-order valence-corrected chi connectivity index (χ3v) is 4.31. The van der Waals surface area contributed by atoms with E-state index < -0.39 is 0 Å². The molecule has 0 aliphatic carbocycles. The van der Waals surface area contributed by atoms with Gasteiger partial charge in [0.1, 0.15) is 11.6 Å². The van der Waals surface area contributed by atoms with Gasteiger partial charge in [-0.2, -0.15) is 0 Å². The van der Waals surface area contributed by atoms with E-state index in [0.29, 0.717) is 30.5 Å². The van der Waals surface area contributed by atoms with E-state index in [1.165, 1.54) is 5.56 Å². The number of hydrogen-bond donors (Lipinski definition) is 4. The van der Waals surface area contributed by atoms with Crippen molar-refractivity contribution < 1.29 is 4.79 Å². The molecule has 0 aliphatic rings. The highest BCUT2D eigenvalue weighted by atomic mass is 16.2. The number of rotatable bonds is 7. The molecule has 2 aromatic heterocycles. The molecule has 0 saturated heterocycles. The molecule has 0 fully saturated rings. The summed E-state index contributed by atoms with van der Waals surface area (Å²) >= 11 is 0. The molecule has 3 aromatic rings. The lowest BCUT2D eigenvalue weighted by molar-refractivity contribution is 0.252. The standard InChI is InChI=1S/C22H27N7O/c1-22(2,3)16-7-9-17(10-8-16)26-21(30)25-15-14-24-19-11-12-20(29-28-19)27-18-6-4-5-13-23-18/h4-13H,14-15H2,1-3H3,(H,24,28)(H,23,27,29)(H2,25,26,30). The average Bonchev–Trinajstić information content (AvgIpc) is 2.73. The molecule has 156 valence electrons. The zero-order valence-electron chi connectivity index (χ0n) is 17.4. The Labute approximate surface area is 176 Å². The summed E-state index contributed by atoms with van der Waals surface area (Å²) in [5.41, 5.74) is 2.07. The lowest BCUT2D eigenvalue weighted by Crippen LogP contribution is -2.32. The maximum Gasteiger partial charge on any atom is 0.319 e. The Morgan fingerprint density at radius 3 is 2.23 bits per heavy atom. The molecule has 1 aromatic carbocycles. The van der Waals surface area contributed by atoms with Crippen LogP contribution in [0.25, 0.3) is 0 Å². The van der Waals surface area contributed by atoms with Gasteiger partial charge in [0.2, 0.25) is 0 Å². The predicted octanol–water partition coefficient (Wildman–Crippen LogP) is 4.15. The molecule has 2 amide bonds. The average molecular weight is 406 g/mol. The number of anilines is 4. The number of hydrogen-bond acceptors (Lipinski definition) is 6. The minimum absolute atomic E-state index is 0.0854. The molecular formula is C22H27N7O. The van der Waals surface area contributed by atoms with Crippen molar-refractivity contribution in [1.82, 2.24) is 20.5 Å². The van der Waals surface area contributed by atoms with E-state index in [4.69, 9.17) is 0 Å². The number of aromatic nitrogens is 3. The fraction of sp³-hybridized carbons (Fsp3) is 0.273. The molecule has 30 heavy (non-hydrogen) atoms. The van der Waals surface area contributed by atoms with Crippen molar-refractivity contribution in [2.24, 2.45) is 0 Å². The van der Waals surface area contributed by atoms with Crippen molar-refractivity contribution in [2.75, 3.05) is 29.0 Å². The van der Waals surface area contributed by atoms with E-state index >= 15 is 0 Å². The summed E-state index contributed by atoms with van der Waals surface area (Å²) in [4.78, 5) is 16.2. The summed E-state index contributed by atoms with van der Waals surface area (Å²) < 4.78 is 0. The number of urea groups is 1. The van der Waals surface area contributed by atoms with Crippen molar-refractivity contribution >= 4 is 29.2 Å². The highest BCUT2D eigenvalue weighted by molar-refractivity contribution is 5.89. The van der Waals surface area contributed by atoms with Gasteiger partial charge < -0.3 is 21.3 Å². The molecule has 0 bridgehead atoms. The van der Waals surface area contributed by atoms with E-state index in [0.717, 1.165) is 5.69 Å². The molecule has 4 N–H and O–H groups in total. The van der Waals surface area contributed by atoms with Gasteiger partial charge in [-0.1, -0.05) is 39.0 Å². The molecular weight excluding hydrogens is 378 g/mol. The molecule has 0 unspecified atom stereocenters. The number of carbonyl (C=O) groups is 1. The minimum Gasteiger partial charge on any atom is -0.367 e. The van der Waals surface area contributed by atoms with Crippen molar-refractivity contribution in [3.8, 4) is 0 Å². The first-order valence-electron chi connectivity index (χ1n) is 9.81. The largest absolute Gasteiger partial charge is 0.367 e. The summed E-state index contributed by atoms with van der Waals surface area (Å²) in [6, 6.07) is 16.8. The first-order valence-corrected chi connectivity index (χ1v) is 9.81. The maximum absolute atomic E-state index is 12.0. The third kappa shape index (κ3) is 6.44. The van der Waals surface area contributed by atoms with Crippen LogP contribution in [-0.4, -0.2) is 34.3 Å². The fourth-order valence-electron chi connectivity index (χ4n) is 2.66. The van der Waals surface area contributed by atoms with E-state index in [9.17, 15) is 4.79 Å². The number of amides is 2. The molecule has 0 saturated carbocycles. The van der Waals surface area contributed by atoms with Crippen LogP contribution in [0.3, 0.4) is 0 Å². The molecule has 3 rings (SSSR count). The van der Waals surface area contributed by atoms with Crippen LogP contribution in [0.1, 0.15) is 26.3 Å². The fourth-order valence-corrected chi connectivity index (χ4v) is 2.66. The number of nitrogens with one attached hydrogen (secondary N) is 4. The highest BCUT2D eigenvalue weighted by Crippen LogP contribution is 2.23. The van der Waals surface area contributed by atoms with Crippen LogP contribution in [0.2, 0.25) is 0 Å². The minimum atomic E-state index is -0.249. The first-order chi connectivity index (χ1) is 14.4. The van der Waals surface area contributed by atoms with Crippen LogP contribution in [0, 0.1) is 0 Å². The van der Waals surface area contributed by atoms with Gasteiger partial charge in [-0.05, 0) is 47.4 Å². The van der Waals surface area contributed by atoms with Crippen molar-refractivity contribution in [3.05, 3.63) is 66.4 Å². The van der Waals surface area contributed by atoms with E-state index in [-0.39, 0.29) is 11.4 Å². The summed E-state index contributed by atoms with van der Waals surface area (Å²) in [6.07, 6.45) is 1.70. The molecule has 0 radical (unpaired) electrons. The van der Waals surface area contributed by atoms with Gasteiger partial charge in [-0.15, -0.1) is 10.2 Å². The Bertz CT molecular complexity index is 936. The number of benzene rings is 1. The number of carbonyl (C=O) groups excluding carboxylic acids is 1. The van der Waals surface area contributed by atoms with Crippen LogP contribution in [0.5, 0.6) is 0 Å². The van der Waals surface area contributed by atoms with Crippen LogP contribution in [0.15, 0.2) is 60.8 Å². The zero-order chi connectivity index (χ0) is 21.4. The van der Waals surface area contributed by atoms with Crippen molar-refractivity contribution in [2.45, 2.75) is 26.2 Å². The smallest absolute Gasteiger partial charge is 0.319 e. The van der Waals surface area contributed by atoms with Gasteiger partial charge in [-0.25, -0.2) is 9.78 Å². The van der Waals surface area contributed by atoms with Crippen molar-refractivity contribution in [1.29, 1.82) is 0 Å². The van der Waals surface area contributed by atoms with Crippen LogP contribution in [0.4, 0.5) is 27.9 Å². The van der Waals surface area contributed by atoms with E-state index in [1.807, 2.05) is 54.6 Å². The second-order valence-corrected chi connectivity index (χ2v) is 7.78. The molecule has 0 atom stereocenters. The number of nitrogens with zero attached hydrogens (tertiary/aromatic N) is 3. The van der Waals surface area contributed by atoms with Gasteiger partial charge in [0.15, 0.2) is 5.82 Å². The SMILES string of the molecule is CC(C)(C)c1ccc(NC(=O)NCCNc2ccc(Nc3ccccn3)nn2)cc1. The van der Waals surface area contributed by atoms with Crippen molar-refractivity contribution in [3.63, 3.8) is 0 Å². The second-order valence-electron chi connectivity index (χ2n) is 7.78. The molecule has 8 nitrogen and oxygen atoms in total. The van der Waals surface area contributed by atoms with Crippen LogP contribution in [-0.2, 0) is 5.41 Å². The molecule has 0 spiro atoms. The Morgan fingerprint density at radius 1 is 0.867 bits per heavy atom. The lowest BCUT2D eigenvalue weighted by Gasteiger charge is -2.19. The van der Waals surface area contributed by atoms with Gasteiger partial charge in [-0.3, -0.25) is 0 Å². The normalized spacial score (nSPS) is 10.9. The Hall–Kier alpha value is -3.68. The molecule has 2 heterocycles. The topological polar surface area (TPSA) is 104 Å². The quantitative estimate of drug-likeness (QED) is 0.440. The highest BCUT2D eigenvalue weighted by Gasteiger charge is 2.13. The molecule has 8 heteroatoms. The van der Waals surface area contributed by atoms with Gasteiger partial charge in [0.05, 0.1) is 0 Å². The zero-order valence-corrected chi connectivity index (χ0v) is 17.4. The van der Waals surface area contributed by atoms with E-state index in [2.05, 4.69) is 57.2 Å². The van der Waals surface area contributed by atoms with Crippen LogP contribution < -0.4 is 21.3 Å². The Kier molecular flexibility index (Phi) is 6.79. The summed E-state index contributed by atoms with van der Waals surface area (Å²) in [5, 5.41) is 20.0. The first kappa shape index (κ1) is 21.0. The summed E-state index contributed by atoms with van der Waals surface area (Å²) in [5.74, 6) is 1.94. The summed E-state index contributed by atoms with van der Waals surface area (Å²) in [6.45, 7) is 7.44. The Morgan fingerprint density at radius 2 is 1.60 bits per heavy atom. The number of pyridine rings is 1. The van der Waals surface area contributed by atoms with Crippen LogP contribution >= 0.6 is 0 Å². The monoisotopic (exact) mass is 405 g/mol. The van der Waals surface area contributed by atoms with E-state index in [1.54, 1.807) is 6.20 Å². The van der Waals surface area contributed by atoms with Gasteiger partial charge in [0.25, 0.3) is 0 Å². The second kappa shape index (κ2) is 9.69. The maximum atomic E-state index is 12.0. The lowest BCUT2D eigenvalue weighted by atomic mass is 9.87. The third-order valence-electron chi connectivity index (χ3n) is 4.31. The predicted molar refractivity (Wildman–Crippen MR) is 120 cm³/mol. The van der Waals surface area contributed by atoms with Gasteiger partial charge >= 0.3 is 6.03 Å².